The molecular formula is C37H62N4O7S. The Kier molecular flexibility index (Phi) is 11.4. The second-order valence-corrected chi connectivity index (χ2v) is 20.9. The summed E-state index contributed by atoms with van der Waals surface area (Å²) in [6.07, 6.45) is 7.16. The molecule has 278 valence electrons. The first-order valence-electron chi connectivity index (χ1n) is 18.5. The highest BCUT2D eigenvalue weighted by molar-refractivity contribution is 7.92. The first-order valence-corrected chi connectivity index (χ1v) is 20.2. The number of piperidine rings is 1. The predicted molar refractivity (Wildman–Crippen MR) is 189 cm³/mol. The van der Waals surface area contributed by atoms with Gasteiger partial charge < -0.3 is 20.9 Å². The zero-order chi connectivity index (χ0) is 36.7. The molecule has 1 aliphatic heterocycles. The normalized spacial score (nSPS) is 25.8. The molecule has 3 N–H and O–H groups in total. The van der Waals surface area contributed by atoms with E-state index in [9.17, 15) is 32.4 Å². The molecule has 0 bridgehead atoms. The van der Waals surface area contributed by atoms with Crippen LogP contribution in [0.1, 0.15) is 133 Å². The van der Waals surface area contributed by atoms with Crippen LogP contribution < -0.4 is 16.0 Å². The summed E-state index contributed by atoms with van der Waals surface area (Å²) >= 11 is 0. The van der Waals surface area contributed by atoms with Crippen LogP contribution >= 0.6 is 0 Å². The molecule has 4 fully saturated rings. The van der Waals surface area contributed by atoms with Crippen molar-refractivity contribution in [1.29, 1.82) is 0 Å². The largest absolute Gasteiger partial charge is 0.347 e. The van der Waals surface area contributed by atoms with Crippen LogP contribution in [0.3, 0.4) is 0 Å². The fraction of sp³-hybridized carbons (Fsp3) is 0.865. The molecule has 0 aromatic heterocycles. The molecule has 0 aromatic rings. The van der Waals surface area contributed by atoms with Gasteiger partial charge in [0.2, 0.25) is 11.7 Å². The van der Waals surface area contributed by atoms with E-state index in [1.165, 1.54) is 0 Å². The average molecular weight is 707 g/mol. The molecule has 49 heavy (non-hydrogen) atoms. The van der Waals surface area contributed by atoms with Gasteiger partial charge in [0.15, 0.2) is 15.6 Å². The molecule has 0 spiro atoms. The van der Waals surface area contributed by atoms with Crippen LogP contribution in [-0.4, -0.2) is 83.4 Å². The van der Waals surface area contributed by atoms with Gasteiger partial charge in [-0.2, -0.15) is 0 Å². The SMILES string of the molecule is CCCC[C@@H](CC(=O)C1[C@@H]2[C@H](CN1C(=O)[C@@H](NC(=O)NC1(CS(=O)(=O)C(C)(C)C)CCCCC1)C(C)(C)C)C2(C)C)C(=O)C(=O)NC1CC1. The molecule has 1 heterocycles. The Bertz CT molecular complexity index is 1400. The number of Topliss-reactive ketones (excluding diaryl/α,β-unsaturated/α-hetero) is 2. The summed E-state index contributed by atoms with van der Waals surface area (Å²) in [6.45, 7) is 17.1. The van der Waals surface area contributed by atoms with E-state index in [2.05, 4.69) is 29.8 Å². The second-order valence-electron chi connectivity index (χ2n) is 18.1. The van der Waals surface area contributed by atoms with Crippen LogP contribution in [0.15, 0.2) is 0 Å². The van der Waals surface area contributed by atoms with E-state index in [0.29, 0.717) is 32.2 Å². The van der Waals surface area contributed by atoms with Crippen molar-refractivity contribution in [2.24, 2.45) is 28.6 Å². The predicted octanol–water partition coefficient (Wildman–Crippen LogP) is 4.71. The topological polar surface area (TPSA) is 159 Å². The summed E-state index contributed by atoms with van der Waals surface area (Å²) in [6, 6.07) is -2.32. The van der Waals surface area contributed by atoms with E-state index in [1.54, 1.807) is 25.7 Å². The summed E-state index contributed by atoms with van der Waals surface area (Å²) in [7, 11) is -3.55. The van der Waals surface area contributed by atoms with E-state index in [1.807, 2.05) is 27.7 Å². The van der Waals surface area contributed by atoms with Crippen LogP contribution in [0.2, 0.25) is 0 Å². The third-order valence-electron chi connectivity index (χ3n) is 11.7. The van der Waals surface area contributed by atoms with Gasteiger partial charge in [-0.1, -0.05) is 73.6 Å². The van der Waals surface area contributed by atoms with E-state index in [0.717, 1.165) is 38.5 Å². The Balaban J connectivity index is 1.54. The molecule has 3 aliphatic carbocycles. The lowest BCUT2D eigenvalue weighted by Gasteiger charge is -2.41. The molecule has 3 saturated carbocycles. The Labute approximate surface area is 294 Å². The van der Waals surface area contributed by atoms with Gasteiger partial charge in [-0.3, -0.25) is 19.2 Å². The van der Waals surface area contributed by atoms with Crippen molar-refractivity contribution in [2.45, 2.75) is 161 Å². The van der Waals surface area contributed by atoms with Crippen LogP contribution in [0.4, 0.5) is 4.79 Å². The number of carbonyl (C=O) groups is 5. The summed E-state index contributed by atoms with van der Waals surface area (Å²) < 4.78 is 25.6. The number of likely N-dealkylation sites (tertiary alicyclic amines) is 1. The number of urea groups is 1. The number of unbranched alkanes of at least 4 members (excludes halogenated alkanes) is 1. The number of hydrogen-bond donors (Lipinski definition) is 3. The molecule has 4 amide bonds. The Morgan fingerprint density at radius 2 is 1.55 bits per heavy atom. The quantitative estimate of drug-likeness (QED) is 0.221. The first kappa shape index (κ1) is 39.3. The van der Waals surface area contributed by atoms with E-state index in [4.69, 9.17) is 0 Å². The van der Waals surface area contributed by atoms with Crippen LogP contribution in [-0.2, 0) is 29.0 Å². The number of hydrogen-bond acceptors (Lipinski definition) is 7. The molecule has 5 atom stereocenters. The summed E-state index contributed by atoms with van der Waals surface area (Å²) in [5.41, 5.74) is -1.83. The Hall–Kier alpha value is -2.50. The molecule has 0 radical (unpaired) electrons. The highest BCUT2D eigenvalue weighted by Crippen LogP contribution is 2.65. The lowest BCUT2D eigenvalue weighted by molar-refractivity contribution is -0.145. The first-order chi connectivity index (χ1) is 22.5. The number of rotatable bonds is 14. The Morgan fingerprint density at radius 3 is 2.08 bits per heavy atom. The zero-order valence-corrected chi connectivity index (χ0v) is 32.2. The van der Waals surface area contributed by atoms with Crippen molar-refractivity contribution in [3.8, 4) is 0 Å². The number of sulfone groups is 1. The molecule has 4 aliphatic rings. The molecule has 11 nitrogen and oxygen atoms in total. The maximum Gasteiger partial charge on any atom is 0.315 e. The molecular weight excluding hydrogens is 644 g/mol. The van der Waals surface area contributed by atoms with E-state index < -0.39 is 61.3 Å². The molecule has 1 saturated heterocycles. The standard InChI is InChI=1S/C37H62N4O7S/c1-10-11-15-23(29(43)31(44)38-24-16-17-24)20-26(42)28-27-25(36(27,8)9)21-41(28)32(45)30(34(2,3)4)39-33(46)40-37(18-13-12-14-19-37)22-49(47,48)35(5,6)7/h23-25,27-28,30H,10-22H2,1-9H3,(H,38,44)(H2,39,40,46)/t23-,25-,27-,28?,30+/m0/s1. The highest BCUT2D eigenvalue weighted by Gasteiger charge is 2.69. The van der Waals surface area contributed by atoms with Crippen molar-refractivity contribution in [2.75, 3.05) is 12.3 Å². The van der Waals surface area contributed by atoms with Gasteiger partial charge in [-0.25, -0.2) is 13.2 Å². The van der Waals surface area contributed by atoms with E-state index in [-0.39, 0.29) is 47.2 Å². The van der Waals surface area contributed by atoms with Crippen LogP contribution in [0.5, 0.6) is 0 Å². The van der Waals surface area contributed by atoms with Crippen molar-refractivity contribution in [1.82, 2.24) is 20.9 Å². The number of nitrogens with one attached hydrogen (secondary N) is 3. The maximum atomic E-state index is 14.5. The highest BCUT2D eigenvalue weighted by atomic mass is 32.2. The van der Waals surface area contributed by atoms with Crippen molar-refractivity contribution in [3.63, 3.8) is 0 Å². The molecule has 1 unspecified atom stereocenters. The maximum absolute atomic E-state index is 14.5. The summed E-state index contributed by atoms with van der Waals surface area (Å²) in [4.78, 5) is 70.0. The van der Waals surface area contributed by atoms with Crippen LogP contribution in [0, 0.1) is 28.6 Å². The molecule has 12 heteroatoms. The average Bonchev–Trinajstić information content (AvgIpc) is 3.83. The summed E-state index contributed by atoms with van der Waals surface area (Å²) in [5.74, 6) is -2.67. The van der Waals surface area contributed by atoms with Crippen molar-refractivity contribution in [3.05, 3.63) is 0 Å². The van der Waals surface area contributed by atoms with Gasteiger partial charge in [-0.15, -0.1) is 0 Å². The smallest absolute Gasteiger partial charge is 0.315 e. The van der Waals surface area contributed by atoms with Gasteiger partial charge in [0.25, 0.3) is 5.91 Å². The Morgan fingerprint density at radius 1 is 0.939 bits per heavy atom. The van der Waals surface area contributed by atoms with Gasteiger partial charge in [0, 0.05) is 24.9 Å². The molecule has 0 aromatic carbocycles. The lowest BCUT2D eigenvalue weighted by atomic mass is 9.83. The number of carbonyl (C=O) groups excluding carboxylic acids is 5. The third kappa shape index (κ3) is 8.87. The van der Waals surface area contributed by atoms with Gasteiger partial charge >= 0.3 is 6.03 Å². The minimum Gasteiger partial charge on any atom is -0.347 e. The van der Waals surface area contributed by atoms with Crippen LogP contribution in [0.25, 0.3) is 0 Å². The minimum atomic E-state index is -3.55. The van der Waals surface area contributed by atoms with Gasteiger partial charge in [0.1, 0.15) is 6.04 Å². The minimum absolute atomic E-state index is 0.0323. The number of ketones is 2. The third-order valence-corrected chi connectivity index (χ3v) is 14.5. The molecule has 4 rings (SSSR count). The zero-order valence-electron chi connectivity index (χ0n) is 31.4. The summed E-state index contributed by atoms with van der Waals surface area (Å²) in [5, 5.41) is 8.70. The van der Waals surface area contributed by atoms with E-state index >= 15 is 0 Å². The lowest BCUT2D eigenvalue weighted by Crippen LogP contribution is -2.63. The second kappa shape index (κ2) is 14.3. The number of nitrogens with zero attached hydrogens (tertiary/aromatic N) is 1. The van der Waals surface area contributed by atoms with Gasteiger partial charge in [-0.05, 0) is 75.5 Å². The monoisotopic (exact) mass is 706 g/mol. The van der Waals surface area contributed by atoms with Gasteiger partial charge in [0.05, 0.1) is 22.1 Å². The number of fused-ring (bicyclic) bond motifs is 1. The van der Waals surface area contributed by atoms with Crippen molar-refractivity contribution < 1.29 is 32.4 Å². The van der Waals surface area contributed by atoms with Crippen molar-refractivity contribution >= 4 is 39.2 Å². The number of amides is 4. The fourth-order valence-electron chi connectivity index (χ4n) is 8.03. The fourth-order valence-corrected chi connectivity index (χ4v) is 9.55.